The van der Waals surface area contributed by atoms with Crippen molar-refractivity contribution in [3.63, 3.8) is 0 Å². The van der Waals surface area contributed by atoms with Crippen molar-refractivity contribution in [2.45, 2.75) is 25.9 Å². The van der Waals surface area contributed by atoms with Gasteiger partial charge in [-0.15, -0.1) is 0 Å². The molecule has 0 amide bonds. The highest BCUT2D eigenvalue weighted by Crippen LogP contribution is 2.35. The van der Waals surface area contributed by atoms with E-state index in [-0.39, 0.29) is 16.7 Å². The van der Waals surface area contributed by atoms with Gasteiger partial charge in [0.25, 0.3) is 0 Å². The molecule has 74 valence electrons. The highest BCUT2D eigenvalue weighted by atomic mass is 16.6. The van der Waals surface area contributed by atoms with Crippen molar-refractivity contribution >= 4 is 5.69 Å². The molecule has 0 spiro atoms. The van der Waals surface area contributed by atoms with E-state index in [4.69, 9.17) is 4.74 Å². The molecule has 0 N–H and O–H groups in total. The van der Waals surface area contributed by atoms with E-state index in [1.165, 1.54) is 0 Å². The van der Waals surface area contributed by atoms with E-state index in [1.54, 1.807) is 25.1 Å². The zero-order valence-corrected chi connectivity index (χ0v) is 7.90. The monoisotopic (exact) mass is 193 g/mol. The molecule has 0 aromatic heterocycles. The fourth-order valence-corrected chi connectivity index (χ4v) is 1.33. The summed E-state index contributed by atoms with van der Waals surface area (Å²) >= 11 is 0. The van der Waals surface area contributed by atoms with E-state index in [1.807, 2.05) is 0 Å². The average molecular weight is 193 g/mol. The van der Waals surface area contributed by atoms with Crippen LogP contribution in [0.15, 0.2) is 18.2 Å². The van der Waals surface area contributed by atoms with Crippen molar-refractivity contribution < 1.29 is 9.66 Å². The molecule has 0 bridgehead atoms. The summed E-state index contributed by atoms with van der Waals surface area (Å²) in [7, 11) is 0. The molecule has 14 heavy (non-hydrogen) atoms. The standard InChI is InChI=1S/C10H11NO3/c1-7-3-2-4-9(10(7)11(12)13)14-8-5-6-8/h2-4,8H,5-6H2,1H3. The number of rotatable bonds is 3. The minimum atomic E-state index is -0.382. The summed E-state index contributed by atoms with van der Waals surface area (Å²) < 4.78 is 5.46. The first-order chi connectivity index (χ1) is 6.68. The van der Waals surface area contributed by atoms with Gasteiger partial charge in [-0.05, 0) is 25.8 Å². The van der Waals surface area contributed by atoms with Gasteiger partial charge in [0.1, 0.15) is 0 Å². The Bertz CT molecular complexity index is 372. The summed E-state index contributed by atoms with van der Waals surface area (Å²) in [5.41, 5.74) is 0.743. The van der Waals surface area contributed by atoms with Crippen LogP contribution in [0.3, 0.4) is 0 Å². The predicted octanol–water partition coefficient (Wildman–Crippen LogP) is 2.44. The third-order valence-electron chi connectivity index (χ3n) is 2.20. The molecule has 1 aliphatic rings. The van der Waals surface area contributed by atoms with Crippen LogP contribution < -0.4 is 4.74 Å². The third kappa shape index (κ3) is 1.69. The zero-order valence-electron chi connectivity index (χ0n) is 7.90. The van der Waals surface area contributed by atoms with E-state index in [0.29, 0.717) is 11.3 Å². The van der Waals surface area contributed by atoms with Crippen molar-refractivity contribution in [3.05, 3.63) is 33.9 Å². The molecule has 0 radical (unpaired) electrons. The highest BCUT2D eigenvalue weighted by Gasteiger charge is 2.27. The average Bonchev–Trinajstić information content (AvgIpc) is 2.87. The van der Waals surface area contributed by atoms with E-state index in [0.717, 1.165) is 12.8 Å². The van der Waals surface area contributed by atoms with Crippen LogP contribution >= 0.6 is 0 Å². The molecule has 0 aliphatic heterocycles. The van der Waals surface area contributed by atoms with Crippen molar-refractivity contribution in [3.8, 4) is 5.75 Å². The number of para-hydroxylation sites is 1. The number of benzene rings is 1. The van der Waals surface area contributed by atoms with Crippen LogP contribution in [-0.2, 0) is 0 Å². The number of nitro groups is 1. The number of nitro benzene ring substituents is 1. The summed E-state index contributed by atoms with van der Waals surface area (Å²) in [6, 6.07) is 5.15. The Hall–Kier alpha value is -1.58. The van der Waals surface area contributed by atoms with Gasteiger partial charge in [-0.2, -0.15) is 0 Å². The van der Waals surface area contributed by atoms with E-state index < -0.39 is 0 Å². The van der Waals surface area contributed by atoms with Gasteiger partial charge >= 0.3 is 5.69 Å². The molecule has 0 atom stereocenters. The smallest absolute Gasteiger partial charge is 0.313 e. The Morgan fingerprint density at radius 3 is 2.79 bits per heavy atom. The number of hydrogen-bond acceptors (Lipinski definition) is 3. The number of hydrogen-bond donors (Lipinski definition) is 0. The normalized spacial score (nSPS) is 15.2. The lowest BCUT2D eigenvalue weighted by atomic mass is 10.2. The Labute approximate surface area is 81.7 Å². The topological polar surface area (TPSA) is 52.4 Å². The second-order valence-electron chi connectivity index (χ2n) is 3.50. The molecule has 1 aliphatic carbocycles. The van der Waals surface area contributed by atoms with Crippen molar-refractivity contribution in [2.75, 3.05) is 0 Å². The first kappa shape index (κ1) is 8.99. The molecule has 1 saturated carbocycles. The molecule has 4 heteroatoms. The second kappa shape index (κ2) is 3.29. The largest absolute Gasteiger partial charge is 0.483 e. The molecule has 2 rings (SSSR count). The zero-order chi connectivity index (χ0) is 10.1. The van der Waals surface area contributed by atoms with Gasteiger partial charge in [0, 0.05) is 5.56 Å². The van der Waals surface area contributed by atoms with Crippen LogP contribution in [0.2, 0.25) is 0 Å². The van der Waals surface area contributed by atoms with E-state index in [9.17, 15) is 10.1 Å². The van der Waals surface area contributed by atoms with Crippen LogP contribution in [0, 0.1) is 17.0 Å². The SMILES string of the molecule is Cc1cccc(OC2CC2)c1[N+](=O)[O-]. The first-order valence-corrected chi connectivity index (χ1v) is 4.59. The first-order valence-electron chi connectivity index (χ1n) is 4.59. The Morgan fingerprint density at radius 1 is 1.50 bits per heavy atom. The molecular weight excluding hydrogens is 182 g/mol. The summed E-state index contributed by atoms with van der Waals surface area (Å²) in [5, 5.41) is 10.8. The van der Waals surface area contributed by atoms with Crippen LogP contribution in [-0.4, -0.2) is 11.0 Å². The lowest BCUT2D eigenvalue weighted by Gasteiger charge is -2.06. The minimum absolute atomic E-state index is 0.0967. The van der Waals surface area contributed by atoms with Gasteiger partial charge in [0.2, 0.25) is 0 Å². The quantitative estimate of drug-likeness (QED) is 0.547. The van der Waals surface area contributed by atoms with E-state index in [2.05, 4.69) is 0 Å². The number of aryl methyl sites for hydroxylation is 1. The van der Waals surface area contributed by atoms with Crippen molar-refractivity contribution in [1.29, 1.82) is 0 Å². The van der Waals surface area contributed by atoms with Gasteiger partial charge in [0.15, 0.2) is 5.75 Å². The maximum Gasteiger partial charge on any atom is 0.313 e. The molecule has 1 fully saturated rings. The minimum Gasteiger partial charge on any atom is -0.483 e. The maximum absolute atomic E-state index is 10.8. The molecular formula is C10H11NO3. The predicted molar refractivity (Wildman–Crippen MR) is 51.5 cm³/mol. The van der Waals surface area contributed by atoms with E-state index >= 15 is 0 Å². The van der Waals surface area contributed by atoms with Gasteiger partial charge in [0.05, 0.1) is 11.0 Å². The summed E-state index contributed by atoms with van der Waals surface area (Å²) in [4.78, 5) is 10.4. The van der Waals surface area contributed by atoms with Gasteiger partial charge in [-0.3, -0.25) is 10.1 Å². The Morgan fingerprint density at radius 2 is 2.21 bits per heavy atom. The second-order valence-corrected chi connectivity index (χ2v) is 3.50. The maximum atomic E-state index is 10.8. The van der Waals surface area contributed by atoms with Gasteiger partial charge in [-0.1, -0.05) is 12.1 Å². The molecule has 1 aromatic rings. The molecule has 1 aromatic carbocycles. The number of ether oxygens (including phenoxy) is 1. The molecule has 0 unspecified atom stereocenters. The highest BCUT2D eigenvalue weighted by molar-refractivity contribution is 5.52. The molecule has 4 nitrogen and oxygen atoms in total. The summed E-state index contributed by atoms with van der Waals surface area (Å²) in [6.45, 7) is 1.72. The summed E-state index contributed by atoms with van der Waals surface area (Å²) in [6.07, 6.45) is 2.20. The summed E-state index contributed by atoms with van der Waals surface area (Å²) in [5.74, 6) is 0.400. The Kier molecular flexibility index (Phi) is 2.11. The van der Waals surface area contributed by atoms with Crippen LogP contribution in [0.1, 0.15) is 18.4 Å². The van der Waals surface area contributed by atoms with Crippen LogP contribution in [0.4, 0.5) is 5.69 Å². The fourth-order valence-electron chi connectivity index (χ4n) is 1.33. The van der Waals surface area contributed by atoms with Crippen molar-refractivity contribution in [2.24, 2.45) is 0 Å². The van der Waals surface area contributed by atoms with Crippen molar-refractivity contribution in [1.82, 2.24) is 0 Å². The fraction of sp³-hybridized carbons (Fsp3) is 0.400. The van der Waals surface area contributed by atoms with Crippen LogP contribution in [0.25, 0.3) is 0 Å². The lowest BCUT2D eigenvalue weighted by molar-refractivity contribution is -0.386. The Balaban J connectivity index is 2.35. The molecule has 0 saturated heterocycles. The van der Waals surface area contributed by atoms with Gasteiger partial charge < -0.3 is 4.74 Å². The van der Waals surface area contributed by atoms with Crippen LogP contribution in [0.5, 0.6) is 5.75 Å². The van der Waals surface area contributed by atoms with Gasteiger partial charge in [-0.25, -0.2) is 0 Å². The third-order valence-corrected chi connectivity index (χ3v) is 2.20. The number of nitrogens with zero attached hydrogens (tertiary/aromatic N) is 1. The lowest BCUT2D eigenvalue weighted by Crippen LogP contribution is -2.01. The molecule has 0 heterocycles.